The van der Waals surface area contributed by atoms with Crippen LogP contribution < -0.4 is 4.74 Å². The molecule has 0 bridgehead atoms. The number of hydrogen-bond acceptors (Lipinski definition) is 8. The van der Waals surface area contributed by atoms with E-state index in [-0.39, 0.29) is 25.2 Å². The van der Waals surface area contributed by atoms with E-state index in [1.54, 1.807) is 37.4 Å². The number of piperidine rings is 1. The van der Waals surface area contributed by atoms with Gasteiger partial charge in [0, 0.05) is 58.9 Å². The van der Waals surface area contributed by atoms with E-state index in [2.05, 4.69) is 21.7 Å². The zero-order valence-electron chi connectivity index (χ0n) is 24.4. The fraction of sp³-hybridized carbons (Fsp3) is 0.750. The number of rotatable bonds is 9. The van der Waals surface area contributed by atoms with Gasteiger partial charge in [0.05, 0.1) is 24.7 Å². The smallest absolute Gasteiger partial charge is 0.248 e. The lowest BCUT2D eigenvalue weighted by Gasteiger charge is -2.40. The highest BCUT2D eigenvalue weighted by atomic mass is 32.2. The van der Waals surface area contributed by atoms with Crippen molar-refractivity contribution in [3.05, 3.63) is 23.3 Å². The van der Waals surface area contributed by atoms with Crippen LogP contribution in [0.1, 0.15) is 24.0 Å². The highest BCUT2D eigenvalue weighted by Gasteiger charge is 2.37. The molecule has 3 aliphatic heterocycles. The maximum atomic E-state index is 13.8. The van der Waals surface area contributed by atoms with Gasteiger partial charge in [-0.25, -0.2) is 8.42 Å². The van der Waals surface area contributed by atoms with E-state index >= 15 is 0 Å². The number of methoxy groups -OCH3 is 1. The standard InChI is InChI=1S/C28H47N5O5S/c1-22-15-26(37-5)16-23(2)28(22)39(35,36)33-14-9-30(4)19-25(33)20-38-21-27(34)32-12-10-31(11-13-32)18-24-7-6-8-29(3)17-24/h15-16,24-25H,6-14,17-21H2,1-5H3. The monoisotopic (exact) mass is 565 g/mol. The third kappa shape index (κ3) is 7.51. The molecule has 2 unspecified atom stereocenters. The molecule has 10 nitrogen and oxygen atoms in total. The number of benzene rings is 1. The van der Waals surface area contributed by atoms with Crippen molar-refractivity contribution in [2.75, 3.05) is 99.9 Å². The second-order valence-corrected chi connectivity index (χ2v) is 13.4. The summed E-state index contributed by atoms with van der Waals surface area (Å²) >= 11 is 0. The Bertz CT molecular complexity index is 1070. The van der Waals surface area contributed by atoms with E-state index in [9.17, 15) is 13.2 Å². The molecule has 39 heavy (non-hydrogen) atoms. The van der Waals surface area contributed by atoms with Gasteiger partial charge in [-0.05, 0) is 76.5 Å². The number of hydrogen-bond donors (Lipinski definition) is 0. The van der Waals surface area contributed by atoms with Crippen LogP contribution in [0.4, 0.5) is 0 Å². The molecular formula is C28H47N5O5S. The number of amides is 1. The molecule has 3 fully saturated rings. The minimum Gasteiger partial charge on any atom is -0.497 e. The maximum Gasteiger partial charge on any atom is 0.248 e. The molecule has 1 amide bonds. The molecule has 0 N–H and O–H groups in total. The minimum atomic E-state index is -3.75. The fourth-order valence-corrected chi connectivity index (χ4v) is 8.35. The highest BCUT2D eigenvalue weighted by Crippen LogP contribution is 2.30. The number of carbonyl (C=O) groups excluding carboxylic acids is 1. The number of likely N-dealkylation sites (tertiary alicyclic amines) is 1. The van der Waals surface area contributed by atoms with Crippen LogP contribution in [0.25, 0.3) is 0 Å². The van der Waals surface area contributed by atoms with Crippen LogP contribution in [-0.4, -0.2) is 144 Å². The molecule has 0 radical (unpaired) electrons. The summed E-state index contributed by atoms with van der Waals surface area (Å²) in [5, 5.41) is 0. The zero-order chi connectivity index (χ0) is 28.2. The van der Waals surface area contributed by atoms with Crippen molar-refractivity contribution < 1.29 is 22.7 Å². The number of sulfonamides is 1. The van der Waals surface area contributed by atoms with E-state index in [4.69, 9.17) is 9.47 Å². The summed E-state index contributed by atoms with van der Waals surface area (Å²) in [5.74, 6) is 1.34. The van der Waals surface area contributed by atoms with Gasteiger partial charge in [0.25, 0.3) is 0 Å². The van der Waals surface area contributed by atoms with E-state index in [0.29, 0.717) is 60.4 Å². The lowest BCUT2D eigenvalue weighted by molar-refractivity contribution is -0.138. The zero-order valence-corrected chi connectivity index (χ0v) is 25.2. The van der Waals surface area contributed by atoms with Crippen LogP contribution in [-0.2, 0) is 19.6 Å². The quantitative estimate of drug-likeness (QED) is 0.441. The van der Waals surface area contributed by atoms with E-state index in [0.717, 1.165) is 26.2 Å². The summed E-state index contributed by atoms with van der Waals surface area (Å²) in [6.07, 6.45) is 2.56. The first-order valence-corrected chi connectivity index (χ1v) is 15.6. The van der Waals surface area contributed by atoms with Crippen LogP contribution in [0.5, 0.6) is 5.75 Å². The predicted octanol–water partition coefficient (Wildman–Crippen LogP) is 1.12. The second-order valence-electron chi connectivity index (χ2n) is 11.6. The van der Waals surface area contributed by atoms with Gasteiger partial charge < -0.3 is 24.2 Å². The summed E-state index contributed by atoms with van der Waals surface area (Å²) in [6, 6.07) is 3.15. The molecule has 11 heteroatoms. The average Bonchev–Trinajstić information content (AvgIpc) is 2.88. The number of carbonyl (C=O) groups is 1. The third-order valence-electron chi connectivity index (χ3n) is 8.37. The van der Waals surface area contributed by atoms with Gasteiger partial charge in [-0.15, -0.1) is 0 Å². The molecule has 0 aliphatic carbocycles. The van der Waals surface area contributed by atoms with Crippen LogP contribution in [0.2, 0.25) is 0 Å². The number of piperazine rings is 2. The SMILES string of the molecule is COc1cc(C)c(S(=O)(=O)N2CCN(C)CC2COCC(=O)N2CCN(CC3CCCN(C)C3)CC2)c(C)c1. The Morgan fingerprint density at radius 3 is 2.26 bits per heavy atom. The van der Waals surface area contributed by atoms with Gasteiger partial charge in [0.2, 0.25) is 15.9 Å². The second kappa shape index (κ2) is 13.3. The van der Waals surface area contributed by atoms with Gasteiger partial charge in [-0.2, -0.15) is 4.31 Å². The Hall–Kier alpha value is -1.76. The van der Waals surface area contributed by atoms with Crippen LogP contribution in [0.3, 0.4) is 0 Å². The van der Waals surface area contributed by atoms with Crippen LogP contribution >= 0.6 is 0 Å². The molecule has 0 aromatic heterocycles. The molecule has 1 aromatic carbocycles. The van der Waals surface area contributed by atoms with Crippen molar-refractivity contribution in [2.45, 2.75) is 37.6 Å². The van der Waals surface area contributed by atoms with E-state index in [1.165, 1.54) is 19.4 Å². The summed E-state index contributed by atoms with van der Waals surface area (Å²) in [4.78, 5) is 22.1. The minimum absolute atomic E-state index is 0.0209. The summed E-state index contributed by atoms with van der Waals surface area (Å²) < 4.78 is 40.4. The fourth-order valence-electron chi connectivity index (χ4n) is 6.34. The Labute approximate surface area is 234 Å². The molecule has 4 rings (SSSR count). The van der Waals surface area contributed by atoms with Gasteiger partial charge >= 0.3 is 0 Å². The summed E-state index contributed by atoms with van der Waals surface area (Å²) in [7, 11) is 2.01. The topological polar surface area (TPSA) is 85.9 Å². The van der Waals surface area contributed by atoms with Crippen molar-refractivity contribution in [1.82, 2.24) is 23.9 Å². The van der Waals surface area contributed by atoms with Crippen molar-refractivity contribution in [2.24, 2.45) is 5.92 Å². The normalized spacial score (nSPS) is 24.7. The molecular weight excluding hydrogens is 518 g/mol. The lowest BCUT2D eigenvalue weighted by atomic mass is 9.97. The third-order valence-corrected chi connectivity index (χ3v) is 10.6. The van der Waals surface area contributed by atoms with Gasteiger partial charge in [0.15, 0.2) is 0 Å². The predicted molar refractivity (Wildman–Crippen MR) is 152 cm³/mol. The number of ether oxygens (including phenoxy) is 2. The van der Waals surface area contributed by atoms with Gasteiger partial charge in [-0.3, -0.25) is 9.69 Å². The molecule has 3 aliphatic rings. The molecule has 2 atom stereocenters. The molecule has 1 aromatic rings. The first-order chi connectivity index (χ1) is 18.6. The van der Waals surface area contributed by atoms with Gasteiger partial charge in [-0.1, -0.05) is 0 Å². The lowest BCUT2D eigenvalue weighted by Crippen LogP contribution is -2.56. The Kier molecular flexibility index (Phi) is 10.3. The molecule has 0 saturated carbocycles. The molecule has 3 heterocycles. The number of nitrogens with zero attached hydrogens (tertiary/aromatic N) is 5. The Balaban J connectivity index is 1.30. The van der Waals surface area contributed by atoms with E-state index in [1.807, 2.05) is 11.9 Å². The van der Waals surface area contributed by atoms with Crippen molar-refractivity contribution >= 4 is 15.9 Å². The maximum absolute atomic E-state index is 13.8. The largest absolute Gasteiger partial charge is 0.497 e. The Morgan fingerprint density at radius 1 is 0.949 bits per heavy atom. The van der Waals surface area contributed by atoms with Gasteiger partial charge in [0.1, 0.15) is 12.4 Å². The van der Waals surface area contributed by atoms with E-state index < -0.39 is 10.0 Å². The summed E-state index contributed by atoms with van der Waals surface area (Å²) in [6.45, 7) is 12.0. The Morgan fingerprint density at radius 2 is 1.62 bits per heavy atom. The molecule has 220 valence electrons. The molecule has 0 spiro atoms. The van der Waals surface area contributed by atoms with Crippen LogP contribution in [0.15, 0.2) is 17.0 Å². The average molecular weight is 566 g/mol. The first-order valence-electron chi connectivity index (χ1n) is 14.2. The highest BCUT2D eigenvalue weighted by molar-refractivity contribution is 7.89. The van der Waals surface area contributed by atoms with Crippen molar-refractivity contribution in [1.29, 1.82) is 0 Å². The van der Waals surface area contributed by atoms with Crippen molar-refractivity contribution in [3.63, 3.8) is 0 Å². The molecule has 3 saturated heterocycles. The first kappa shape index (κ1) is 30.2. The van der Waals surface area contributed by atoms with Crippen molar-refractivity contribution in [3.8, 4) is 5.75 Å². The number of likely N-dealkylation sites (N-methyl/N-ethyl adjacent to an activating group) is 1. The number of aryl methyl sites for hydroxylation is 2. The summed E-state index contributed by atoms with van der Waals surface area (Å²) in [5.41, 5.74) is 1.32. The van der Waals surface area contributed by atoms with Crippen LogP contribution in [0, 0.1) is 19.8 Å².